The Labute approximate surface area is 123 Å². The Bertz CT molecular complexity index is 712. The number of hydrogen-bond acceptors (Lipinski definition) is 3. The smallest absolute Gasteiger partial charge is 0.251 e. The van der Waals surface area contributed by atoms with Crippen LogP contribution in [0.5, 0.6) is 0 Å². The van der Waals surface area contributed by atoms with Crippen LogP contribution in [0.3, 0.4) is 0 Å². The summed E-state index contributed by atoms with van der Waals surface area (Å²) >= 11 is 0. The second-order valence-corrected chi connectivity index (χ2v) is 6.20. The zero-order valence-corrected chi connectivity index (χ0v) is 11.8. The molecule has 1 saturated heterocycles. The van der Waals surface area contributed by atoms with Gasteiger partial charge in [0.15, 0.2) is 0 Å². The van der Waals surface area contributed by atoms with Gasteiger partial charge in [-0.25, -0.2) is 0 Å². The summed E-state index contributed by atoms with van der Waals surface area (Å²) in [6.07, 6.45) is 2.25. The summed E-state index contributed by atoms with van der Waals surface area (Å²) in [5.74, 6) is 0.618. The average Bonchev–Trinajstić information content (AvgIpc) is 3.09. The molecule has 2 aliphatic rings. The lowest BCUT2D eigenvalue weighted by Crippen LogP contribution is -2.44. The molecule has 4 N–H and O–H groups in total. The van der Waals surface area contributed by atoms with Crippen molar-refractivity contribution in [1.29, 1.82) is 0 Å². The monoisotopic (exact) mass is 281 g/mol. The van der Waals surface area contributed by atoms with Crippen LogP contribution in [0.2, 0.25) is 0 Å². The predicted octanol–water partition coefficient (Wildman–Crippen LogP) is 1.90. The summed E-state index contributed by atoms with van der Waals surface area (Å²) < 4.78 is 0. The average molecular weight is 281 g/mol. The Kier molecular flexibility index (Phi) is 2.86. The van der Waals surface area contributed by atoms with Crippen molar-refractivity contribution in [2.45, 2.75) is 24.9 Å². The maximum Gasteiger partial charge on any atom is 0.251 e. The van der Waals surface area contributed by atoms with Gasteiger partial charge in [0.05, 0.1) is 0 Å². The summed E-state index contributed by atoms with van der Waals surface area (Å²) in [6.45, 7) is 1.03. The summed E-state index contributed by atoms with van der Waals surface area (Å²) in [5, 5.41) is 8.67. The van der Waals surface area contributed by atoms with Crippen LogP contribution in [0.1, 0.15) is 23.2 Å². The van der Waals surface area contributed by atoms with Gasteiger partial charge in [0.1, 0.15) is 0 Å². The van der Waals surface area contributed by atoms with Gasteiger partial charge in [-0.1, -0.05) is 18.2 Å². The molecule has 1 amide bonds. The number of amides is 1. The number of carbonyl (C=O) groups is 1. The lowest BCUT2D eigenvalue weighted by atomic mass is 10.0. The number of fused-ring (bicyclic) bond motifs is 3. The molecular formula is C17H19N3O. The SMILES string of the molecule is Nc1cccc2cc(C(=O)NC3CC4CC3CN4)ccc12. The Morgan fingerprint density at radius 2 is 2.14 bits per heavy atom. The molecule has 2 fully saturated rings. The molecule has 1 aliphatic heterocycles. The first-order chi connectivity index (χ1) is 10.2. The number of nitrogens with one attached hydrogen (secondary N) is 2. The molecule has 4 rings (SSSR count). The Balaban J connectivity index is 1.57. The lowest BCUT2D eigenvalue weighted by molar-refractivity contribution is 0.0925. The van der Waals surface area contributed by atoms with Crippen molar-refractivity contribution in [1.82, 2.24) is 10.6 Å². The van der Waals surface area contributed by atoms with E-state index in [1.165, 1.54) is 6.42 Å². The van der Waals surface area contributed by atoms with E-state index in [0.717, 1.165) is 29.4 Å². The maximum atomic E-state index is 12.4. The quantitative estimate of drug-likeness (QED) is 0.737. The van der Waals surface area contributed by atoms with Crippen LogP contribution in [0.25, 0.3) is 10.8 Å². The largest absolute Gasteiger partial charge is 0.398 e. The first kappa shape index (κ1) is 12.7. The number of nitrogens with two attached hydrogens (primary N) is 1. The van der Waals surface area contributed by atoms with Gasteiger partial charge < -0.3 is 16.4 Å². The fraction of sp³-hybridized carbons (Fsp3) is 0.353. The molecule has 4 heteroatoms. The van der Waals surface area contributed by atoms with E-state index in [1.807, 2.05) is 36.4 Å². The zero-order chi connectivity index (χ0) is 14.4. The van der Waals surface area contributed by atoms with Crippen molar-refractivity contribution < 1.29 is 4.79 Å². The van der Waals surface area contributed by atoms with E-state index in [1.54, 1.807) is 0 Å². The Morgan fingerprint density at radius 1 is 1.24 bits per heavy atom. The number of hydrogen-bond donors (Lipinski definition) is 3. The molecule has 3 atom stereocenters. The predicted molar refractivity (Wildman–Crippen MR) is 84.1 cm³/mol. The summed E-state index contributed by atoms with van der Waals surface area (Å²) in [6, 6.07) is 12.4. The van der Waals surface area contributed by atoms with Crippen LogP contribution in [0.15, 0.2) is 36.4 Å². The van der Waals surface area contributed by atoms with Crippen LogP contribution in [-0.2, 0) is 0 Å². The molecule has 2 aromatic rings. The first-order valence-corrected chi connectivity index (χ1v) is 7.53. The molecule has 2 aromatic carbocycles. The van der Waals surface area contributed by atoms with Crippen LogP contribution in [0.4, 0.5) is 5.69 Å². The number of carbonyl (C=O) groups excluding carboxylic acids is 1. The van der Waals surface area contributed by atoms with Crippen molar-refractivity contribution >= 4 is 22.4 Å². The minimum atomic E-state index is 0.0249. The minimum absolute atomic E-state index is 0.0249. The highest BCUT2D eigenvalue weighted by molar-refractivity contribution is 6.01. The van der Waals surface area contributed by atoms with E-state index in [2.05, 4.69) is 10.6 Å². The number of benzene rings is 2. The fourth-order valence-electron chi connectivity index (χ4n) is 3.71. The zero-order valence-electron chi connectivity index (χ0n) is 11.8. The van der Waals surface area contributed by atoms with Crippen molar-refractivity contribution in [3.63, 3.8) is 0 Å². The number of rotatable bonds is 2. The standard InChI is InChI=1S/C17H19N3O/c18-15-3-1-2-10-6-11(4-5-14(10)15)17(21)20-16-8-13-7-12(16)9-19-13/h1-6,12-13,16,19H,7-9,18H2,(H,20,21). The lowest BCUT2D eigenvalue weighted by Gasteiger charge is -2.23. The summed E-state index contributed by atoms with van der Waals surface area (Å²) in [4.78, 5) is 12.4. The van der Waals surface area contributed by atoms with Gasteiger partial charge in [0, 0.05) is 35.3 Å². The highest BCUT2D eigenvalue weighted by Gasteiger charge is 2.40. The number of anilines is 1. The van der Waals surface area contributed by atoms with Crippen LogP contribution in [-0.4, -0.2) is 24.5 Å². The van der Waals surface area contributed by atoms with Gasteiger partial charge in [-0.3, -0.25) is 4.79 Å². The normalized spacial score (nSPS) is 27.1. The molecule has 1 aliphatic carbocycles. The molecular weight excluding hydrogens is 262 g/mol. The first-order valence-electron chi connectivity index (χ1n) is 7.53. The highest BCUT2D eigenvalue weighted by atomic mass is 16.1. The van der Waals surface area contributed by atoms with Crippen LogP contribution >= 0.6 is 0 Å². The van der Waals surface area contributed by atoms with E-state index in [0.29, 0.717) is 23.6 Å². The van der Waals surface area contributed by atoms with Crippen LogP contribution < -0.4 is 16.4 Å². The molecule has 0 spiro atoms. The second kappa shape index (κ2) is 4.74. The molecule has 0 radical (unpaired) electrons. The Hall–Kier alpha value is -2.07. The fourth-order valence-corrected chi connectivity index (χ4v) is 3.71. The van der Waals surface area contributed by atoms with Gasteiger partial charge in [-0.2, -0.15) is 0 Å². The molecule has 108 valence electrons. The minimum Gasteiger partial charge on any atom is -0.398 e. The Morgan fingerprint density at radius 3 is 2.90 bits per heavy atom. The van der Waals surface area contributed by atoms with Crippen molar-refractivity contribution in [2.24, 2.45) is 5.92 Å². The van der Waals surface area contributed by atoms with Gasteiger partial charge >= 0.3 is 0 Å². The second-order valence-electron chi connectivity index (χ2n) is 6.20. The van der Waals surface area contributed by atoms with Crippen molar-refractivity contribution in [3.05, 3.63) is 42.0 Å². The molecule has 1 heterocycles. The van der Waals surface area contributed by atoms with Gasteiger partial charge in [-0.15, -0.1) is 0 Å². The van der Waals surface area contributed by atoms with E-state index in [4.69, 9.17) is 5.73 Å². The van der Waals surface area contributed by atoms with E-state index < -0.39 is 0 Å². The third-order valence-corrected chi connectivity index (χ3v) is 4.86. The van der Waals surface area contributed by atoms with Crippen molar-refractivity contribution in [3.8, 4) is 0 Å². The summed E-state index contributed by atoms with van der Waals surface area (Å²) in [7, 11) is 0. The van der Waals surface area contributed by atoms with E-state index >= 15 is 0 Å². The van der Waals surface area contributed by atoms with Gasteiger partial charge in [0.25, 0.3) is 5.91 Å². The molecule has 4 nitrogen and oxygen atoms in total. The number of nitrogen functional groups attached to an aromatic ring is 1. The highest BCUT2D eigenvalue weighted by Crippen LogP contribution is 2.31. The third kappa shape index (κ3) is 2.16. The van der Waals surface area contributed by atoms with Gasteiger partial charge in [0.2, 0.25) is 0 Å². The van der Waals surface area contributed by atoms with E-state index in [-0.39, 0.29) is 5.91 Å². The van der Waals surface area contributed by atoms with Crippen molar-refractivity contribution in [2.75, 3.05) is 12.3 Å². The van der Waals surface area contributed by atoms with Gasteiger partial charge in [-0.05, 0) is 42.3 Å². The third-order valence-electron chi connectivity index (χ3n) is 4.86. The molecule has 3 unspecified atom stereocenters. The van der Waals surface area contributed by atoms with Crippen LogP contribution in [0, 0.1) is 5.92 Å². The molecule has 21 heavy (non-hydrogen) atoms. The number of piperidine rings is 1. The molecule has 1 saturated carbocycles. The molecule has 2 bridgehead atoms. The van der Waals surface area contributed by atoms with E-state index in [9.17, 15) is 4.79 Å². The maximum absolute atomic E-state index is 12.4. The molecule has 0 aromatic heterocycles. The summed E-state index contributed by atoms with van der Waals surface area (Å²) in [5.41, 5.74) is 7.41. The topological polar surface area (TPSA) is 67.2 Å².